The molecule has 8 heterocycles. The Balaban J connectivity index is 0.000000185. The van der Waals surface area contributed by atoms with E-state index in [9.17, 15) is 73.4 Å². The molecule has 2 fully saturated rings. The highest BCUT2D eigenvalue weighted by molar-refractivity contribution is 7.89. The van der Waals surface area contributed by atoms with E-state index in [-0.39, 0.29) is 76.7 Å². The van der Waals surface area contributed by atoms with Crippen LogP contribution in [0.1, 0.15) is 83.5 Å². The Labute approximate surface area is 513 Å². The lowest BCUT2D eigenvalue weighted by Crippen LogP contribution is -2.44. The molecule has 4 aromatic heterocycles. The molecule has 3 aromatic carbocycles. The lowest BCUT2D eigenvalue weighted by Gasteiger charge is -2.24. The van der Waals surface area contributed by atoms with E-state index in [1.165, 1.54) is 101 Å². The number of ether oxygens (including phenoxy) is 1. The van der Waals surface area contributed by atoms with Gasteiger partial charge in [0.1, 0.15) is 28.2 Å². The molecular formula is C58H57ClF6N10O13S2. The zero-order valence-corrected chi connectivity index (χ0v) is 50.0. The number of rotatable bonds is 16. The Morgan fingerprint density at radius 1 is 0.756 bits per heavy atom. The fraction of sp³-hybridized carbons (Fsp3) is 0.345. The zero-order chi connectivity index (χ0) is 65.2. The summed E-state index contributed by atoms with van der Waals surface area (Å²) in [5.74, 6) is -13.7. The van der Waals surface area contributed by atoms with Gasteiger partial charge in [0.25, 0.3) is 40.7 Å². The number of amides is 3. The minimum absolute atomic E-state index is 0.0104. The molecule has 0 radical (unpaired) electrons. The van der Waals surface area contributed by atoms with Crippen LogP contribution in [0.15, 0.2) is 94.8 Å². The summed E-state index contributed by atoms with van der Waals surface area (Å²) in [6.07, 6.45) is 4.02. The number of imide groups is 1. The molecule has 478 valence electrons. The van der Waals surface area contributed by atoms with Crippen molar-refractivity contribution in [2.45, 2.75) is 57.5 Å². The first-order chi connectivity index (χ1) is 42.6. The van der Waals surface area contributed by atoms with Crippen molar-refractivity contribution < 1.29 is 77.3 Å². The van der Waals surface area contributed by atoms with E-state index < -0.39 is 138 Å². The Morgan fingerprint density at radius 2 is 1.28 bits per heavy atom. The third-order valence-corrected chi connectivity index (χ3v) is 19.2. The van der Waals surface area contributed by atoms with Gasteiger partial charge < -0.3 is 31.3 Å². The number of carbonyl (C=O) groups is 4. The van der Waals surface area contributed by atoms with Crippen LogP contribution in [-0.2, 0) is 50.7 Å². The SMILES string of the molecule is CCOC(=O)c1c(O)c2ncc(Cc3ccc(F)cc3)c(Cl)c2n(CC(F)(F)CN2C(=O)c3ccccc3C2=O)c1=O.NCCN1CCCS1(=O)=O.O=C(NCCN1CCCS1(=O)=O)c1c(O)c2ncc(Cc3ccc(F)cc3)c3c2n(c1=O)CC(F)(F)CN3. The van der Waals surface area contributed by atoms with Gasteiger partial charge in [-0.15, -0.1) is 0 Å². The molecule has 90 heavy (non-hydrogen) atoms. The third kappa shape index (κ3) is 13.9. The molecule has 2 saturated heterocycles. The zero-order valence-electron chi connectivity index (χ0n) is 47.7. The van der Waals surface area contributed by atoms with Crippen molar-refractivity contribution in [2.75, 3.05) is 75.8 Å². The van der Waals surface area contributed by atoms with Gasteiger partial charge >= 0.3 is 5.97 Å². The van der Waals surface area contributed by atoms with Gasteiger partial charge in [-0.2, -0.15) is 0 Å². The first-order valence-corrected chi connectivity index (χ1v) is 31.4. The number of hydrogen-bond donors (Lipinski definition) is 5. The smallest absolute Gasteiger partial charge is 0.347 e. The third-order valence-electron chi connectivity index (χ3n) is 14.9. The summed E-state index contributed by atoms with van der Waals surface area (Å²) < 4.78 is 142. The number of benzene rings is 3. The van der Waals surface area contributed by atoms with Crippen molar-refractivity contribution >= 4 is 83.1 Å². The Bertz CT molecular complexity index is 4320. The second kappa shape index (κ2) is 26.5. The maximum atomic E-state index is 15.7. The summed E-state index contributed by atoms with van der Waals surface area (Å²) in [6.45, 7) is -1.77. The first kappa shape index (κ1) is 65.9. The van der Waals surface area contributed by atoms with Crippen molar-refractivity contribution in [2.24, 2.45) is 5.73 Å². The van der Waals surface area contributed by atoms with Crippen molar-refractivity contribution in [1.29, 1.82) is 0 Å². The molecule has 0 atom stereocenters. The number of esters is 1. The van der Waals surface area contributed by atoms with Crippen LogP contribution in [0.3, 0.4) is 0 Å². The predicted molar refractivity (Wildman–Crippen MR) is 316 cm³/mol. The molecule has 0 bridgehead atoms. The number of halogens is 7. The van der Waals surface area contributed by atoms with Crippen LogP contribution in [0.2, 0.25) is 5.02 Å². The second-order valence-electron chi connectivity index (χ2n) is 21.2. The standard InChI is InChI=1S/C29H21ClF3N3O6.C24H24F3N5O5S.C5H12N2O2S/c1-2-42-28(41)20-24(37)22-23(21(30)16(12-34-22)11-15-7-9-17(31)10-8-15)35(27(20)40)13-29(32,33)14-36-25(38)18-5-3-4-6-19(18)26(36)39;25-16-4-2-14(3-5-16)10-15-11-29-19-20-18(15)30-12-24(26,27)13-32(20)23(35)17(21(19)33)22(34)28-6-8-31-7-1-9-38(31,36)37;6-2-4-7-3-1-5-10(7,8)9/h3-10,12,37H,2,11,13-14H2,1H3;2-5,11,30,33H,1,6-10,12-13H2,(H,28,34);1-6H2. The quantitative estimate of drug-likeness (QED) is 0.0470. The molecule has 32 heteroatoms. The number of hydrogen-bond acceptors (Lipinski definition) is 17. The summed E-state index contributed by atoms with van der Waals surface area (Å²) in [5, 5.41) is 26.5. The number of anilines is 1. The molecule has 0 aliphatic carbocycles. The summed E-state index contributed by atoms with van der Waals surface area (Å²) in [5.41, 5.74) is 1.91. The number of aromatic hydroxyl groups is 2. The van der Waals surface area contributed by atoms with Gasteiger partial charge in [-0.3, -0.25) is 48.0 Å². The molecular weight excluding hydrogens is 1260 g/mol. The Morgan fingerprint density at radius 3 is 1.81 bits per heavy atom. The van der Waals surface area contributed by atoms with E-state index in [0.29, 0.717) is 64.5 Å². The lowest BCUT2D eigenvalue weighted by molar-refractivity contribution is -0.0359. The fourth-order valence-electron chi connectivity index (χ4n) is 10.6. The van der Waals surface area contributed by atoms with Crippen molar-refractivity contribution in [3.8, 4) is 11.5 Å². The number of nitrogens with zero attached hydrogens (tertiary/aromatic N) is 7. The fourth-order valence-corrected chi connectivity index (χ4v) is 14.0. The molecule has 4 aliphatic rings. The van der Waals surface area contributed by atoms with Gasteiger partial charge in [0.15, 0.2) is 17.1 Å². The minimum atomic E-state index is -3.91. The topological polar surface area (TPSA) is 316 Å². The van der Waals surface area contributed by atoms with E-state index in [0.717, 1.165) is 11.0 Å². The van der Waals surface area contributed by atoms with E-state index >= 15 is 8.78 Å². The first-order valence-electron chi connectivity index (χ1n) is 27.8. The number of aromatic nitrogens is 4. The number of carbonyl (C=O) groups excluding carboxylic acids is 4. The summed E-state index contributed by atoms with van der Waals surface area (Å²) in [4.78, 5) is 86.5. The highest BCUT2D eigenvalue weighted by Crippen LogP contribution is 2.38. The van der Waals surface area contributed by atoms with Gasteiger partial charge in [-0.25, -0.2) is 56.6 Å². The van der Waals surface area contributed by atoms with Crippen LogP contribution in [0.4, 0.5) is 32.0 Å². The van der Waals surface area contributed by atoms with Crippen LogP contribution in [-0.4, -0.2) is 166 Å². The van der Waals surface area contributed by atoms with Crippen LogP contribution in [0, 0.1) is 11.6 Å². The Kier molecular flexibility index (Phi) is 19.4. The van der Waals surface area contributed by atoms with Gasteiger partial charge in [0, 0.05) is 70.1 Å². The minimum Gasteiger partial charge on any atom is -0.505 e. The molecule has 3 amide bonds. The van der Waals surface area contributed by atoms with Crippen LogP contribution in [0.25, 0.3) is 22.1 Å². The molecule has 23 nitrogen and oxygen atoms in total. The van der Waals surface area contributed by atoms with E-state index in [1.807, 2.05) is 0 Å². The highest BCUT2D eigenvalue weighted by atomic mass is 35.5. The normalized spacial score (nSPS) is 16.6. The monoisotopic (exact) mass is 1310 g/mol. The Hall–Kier alpha value is -8.49. The van der Waals surface area contributed by atoms with Gasteiger partial charge in [0.05, 0.1) is 77.2 Å². The molecule has 11 rings (SSSR count). The van der Waals surface area contributed by atoms with Crippen molar-refractivity contribution in [1.82, 2.24) is 37.9 Å². The maximum Gasteiger partial charge on any atom is 0.347 e. The van der Waals surface area contributed by atoms with Crippen LogP contribution < -0.4 is 27.5 Å². The second-order valence-corrected chi connectivity index (χ2v) is 25.8. The number of nitrogens with two attached hydrogens (primary N) is 1. The summed E-state index contributed by atoms with van der Waals surface area (Å²) >= 11 is 6.61. The summed E-state index contributed by atoms with van der Waals surface area (Å²) in [6, 6.07) is 16.6. The van der Waals surface area contributed by atoms with Crippen LogP contribution >= 0.6 is 11.6 Å². The number of fused-ring (bicyclic) bond motifs is 2. The van der Waals surface area contributed by atoms with Crippen LogP contribution in [0.5, 0.6) is 11.5 Å². The van der Waals surface area contributed by atoms with Gasteiger partial charge in [0.2, 0.25) is 20.0 Å². The molecule has 0 unspecified atom stereocenters. The lowest BCUT2D eigenvalue weighted by atomic mass is 10.0. The maximum absolute atomic E-state index is 15.7. The molecule has 4 aliphatic heterocycles. The predicted octanol–water partition coefficient (Wildman–Crippen LogP) is 5.23. The number of sulfonamides is 2. The average molecular weight is 1320 g/mol. The van der Waals surface area contributed by atoms with Gasteiger partial charge in [-0.1, -0.05) is 48.0 Å². The van der Waals surface area contributed by atoms with E-state index in [1.54, 1.807) is 0 Å². The van der Waals surface area contributed by atoms with Crippen molar-refractivity contribution in [3.05, 3.63) is 167 Å². The molecule has 6 N–H and O–H groups in total. The molecule has 0 saturated carbocycles. The van der Waals surface area contributed by atoms with E-state index in [4.69, 9.17) is 22.1 Å². The number of alkyl halides is 4. The van der Waals surface area contributed by atoms with Crippen molar-refractivity contribution in [3.63, 3.8) is 0 Å². The number of pyridine rings is 4. The number of nitrogens with one attached hydrogen (secondary N) is 2. The van der Waals surface area contributed by atoms with E-state index in [2.05, 4.69) is 20.6 Å². The molecule has 0 spiro atoms. The van der Waals surface area contributed by atoms with Gasteiger partial charge in [-0.05, 0) is 72.9 Å². The molecule has 7 aromatic rings. The summed E-state index contributed by atoms with van der Waals surface area (Å²) in [7, 11) is -6.30. The highest BCUT2D eigenvalue weighted by Gasteiger charge is 2.44. The average Bonchev–Trinajstić information content (AvgIpc) is 2.22. The largest absolute Gasteiger partial charge is 0.505 e.